The Bertz CT molecular complexity index is 1410. The average Bonchev–Trinajstić information content (AvgIpc) is 3.17. The van der Waals surface area contributed by atoms with Gasteiger partial charge in [-0.3, -0.25) is 9.59 Å². The van der Waals surface area contributed by atoms with Crippen LogP contribution in [-0.4, -0.2) is 67.7 Å². The van der Waals surface area contributed by atoms with Crippen molar-refractivity contribution in [2.75, 3.05) is 25.5 Å². The van der Waals surface area contributed by atoms with Crippen molar-refractivity contribution >= 4 is 34.9 Å². The summed E-state index contributed by atoms with van der Waals surface area (Å²) in [5, 5.41) is 9.53. The van der Waals surface area contributed by atoms with Gasteiger partial charge in [-0.25, -0.2) is 19.4 Å². The van der Waals surface area contributed by atoms with E-state index in [4.69, 9.17) is 4.98 Å². The van der Waals surface area contributed by atoms with Crippen molar-refractivity contribution in [2.45, 2.75) is 66.0 Å². The van der Waals surface area contributed by atoms with Crippen molar-refractivity contribution in [2.24, 2.45) is 5.10 Å². The number of aryl methyl sites for hydroxylation is 1. The molecule has 38 heavy (non-hydrogen) atoms. The predicted molar refractivity (Wildman–Crippen MR) is 152 cm³/mol. The molecule has 4 rings (SSSR count). The molecule has 0 bridgehead atoms. The fourth-order valence-electron chi connectivity index (χ4n) is 4.94. The molecule has 1 fully saturated rings. The van der Waals surface area contributed by atoms with Crippen LogP contribution >= 0.6 is 0 Å². The summed E-state index contributed by atoms with van der Waals surface area (Å²) < 4.78 is 3.20. The number of rotatable bonds is 8. The Balaban J connectivity index is 1.72. The molecule has 1 saturated heterocycles. The first-order chi connectivity index (χ1) is 18.3. The molecule has 2 aromatic heterocycles. The Morgan fingerprint density at radius 3 is 2.63 bits per heavy atom. The second kappa shape index (κ2) is 11.7. The fraction of sp³-hybridized carbons (Fsp3) is 0.464. The first kappa shape index (κ1) is 27.3. The largest absolute Gasteiger partial charge is 0.324 e. The zero-order valence-electron chi connectivity index (χ0n) is 23.2. The van der Waals surface area contributed by atoms with Crippen LogP contribution < -0.4 is 10.9 Å². The fourth-order valence-corrected chi connectivity index (χ4v) is 4.94. The van der Waals surface area contributed by atoms with E-state index >= 15 is 0 Å². The average molecular weight is 519 g/mol. The first-order valence-electron chi connectivity index (χ1n) is 13.3. The van der Waals surface area contributed by atoms with Crippen LogP contribution in [0.25, 0.3) is 11.0 Å². The van der Waals surface area contributed by atoms with Gasteiger partial charge in [-0.1, -0.05) is 12.1 Å². The van der Waals surface area contributed by atoms with E-state index in [0.29, 0.717) is 41.7 Å². The second-order valence-corrected chi connectivity index (χ2v) is 10.1. The van der Waals surface area contributed by atoms with E-state index in [2.05, 4.69) is 52.5 Å². The number of fused-ring (bicyclic) bond motifs is 1. The number of carbonyl (C=O) groups excluding carboxylic acids is 1. The Labute approximate surface area is 223 Å². The van der Waals surface area contributed by atoms with Crippen molar-refractivity contribution in [1.29, 1.82) is 0 Å². The van der Waals surface area contributed by atoms with Gasteiger partial charge in [0.2, 0.25) is 12.4 Å². The van der Waals surface area contributed by atoms with Crippen LogP contribution in [0.4, 0.5) is 11.6 Å². The van der Waals surface area contributed by atoms with Gasteiger partial charge in [0, 0.05) is 24.5 Å². The van der Waals surface area contributed by atoms with Gasteiger partial charge in [-0.15, -0.1) is 0 Å². The number of hydrazone groups is 1. The SMILES string of the molecule is C/C=C\C(=N/N(C=O)C(C)C)n1c2nc(Nc3ccc(C4CCN(C)CC4)c(C)c3)ncc2c(=O)n1CC. The van der Waals surface area contributed by atoms with Gasteiger partial charge < -0.3 is 10.2 Å². The summed E-state index contributed by atoms with van der Waals surface area (Å²) in [5.41, 5.74) is 3.72. The smallest absolute Gasteiger partial charge is 0.278 e. The molecule has 202 valence electrons. The molecule has 1 amide bonds. The van der Waals surface area contributed by atoms with Gasteiger partial charge in [-0.2, -0.15) is 10.1 Å². The number of anilines is 2. The van der Waals surface area contributed by atoms with Crippen LogP contribution in [0, 0.1) is 6.92 Å². The van der Waals surface area contributed by atoms with Crippen LogP contribution in [0.1, 0.15) is 57.6 Å². The standard InChI is InChI=1S/C28H38N8O2/c1-7-9-25(32-34(18-37)19(3)4)36-26-24(27(38)35(36)8-2)17-29-28(31-26)30-22-10-11-23(20(5)16-22)21-12-14-33(6)15-13-21/h7,9-11,16-19,21H,8,12-15H2,1-6H3,(H,29,30,31)/b9-7-,32-25+. The maximum Gasteiger partial charge on any atom is 0.278 e. The molecular formula is C28H38N8O2. The number of benzene rings is 1. The number of nitrogens with one attached hydrogen (secondary N) is 1. The van der Waals surface area contributed by atoms with E-state index in [0.717, 1.165) is 18.8 Å². The molecule has 1 N–H and O–H groups in total. The van der Waals surface area contributed by atoms with Gasteiger partial charge in [0.25, 0.3) is 5.56 Å². The van der Waals surface area contributed by atoms with Crippen LogP contribution in [-0.2, 0) is 11.3 Å². The van der Waals surface area contributed by atoms with E-state index in [9.17, 15) is 9.59 Å². The summed E-state index contributed by atoms with van der Waals surface area (Å²) >= 11 is 0. The lowest BCUT2D eigenvalue weighted by Crippen LogP contribution is -2.31. The normalized spacial score (nSPS) is 15.6. The molecule has 0 aliphatic carbocycles. The lowest BCUT2D eigenvalue weighted by Gasteiger charge is -2.30. The highest BCUT2D eigenvalue weighted by molar-refractivity contribution is 5.99. The molecule has 3 heterocycles. The quantitative estimate of drug-likeness (QED) is 0.209. The summed E-state index contributed by atoms with van der Waals surface area (Å²) in [6.07, 6.45) is 8.13. The molecule has 10 heteroatoms. The molecule has 0 spiro atoms. The highest BCUT2D eigenvalue weighted by Gasteiger charge is 2.21. The number of aromatic nitrogens is 4. The Hall–Kier alpha value is -3.79. The number of hydrogen-bond donors (Lipinski definition) is 1. The van der Waals surface area contributed by atoms with Crippen molar-refractivity contribution < 1.29 is 4.79 Å². The molecule has 1 aromatic carbocycles. The molecule has 3 aromatic rings. The minimum absolute atomic E-state index is 0.149. The zero-order valence-corrected chi connectivity index (χ0v) is 23.2. The third kappa shape index (κ3) is 5.55. The van der Waals surface area contributed by atoms with Gasteiger partial charge >= 0.3 is 0 Å². The lowest BCUT2D eigenvalue weighted by molar-refractivity contribution is -0.119. The summed E-state index contributed by atoms with van der Waals surface area (Å²) in [5.74, 6) is 1.37. The number of piperidine rings is 1. The summed E-state index contributed by atoms with van der Waals surface area (Å²) in [6, 6.07) is 6.24. The zero-order chi connectivity index (χ0) is 27.4. The summed E-state index contributed by atoms with van der Waals surface area (Å²) in [4.78, 5) is 36.4. The van der Waals surface area contributed by atoms with E-state index in [1.165, 1.54) is 29.0 Å². The van der Waals surface area contributed by atoms with Gasteiger partial charge in [0.1, 0.15) is 5.39 Å². The molecule has 1 aliphatic rings. The number of hydrogen-bond acceptors (Lipinski definition) is 7. The highest BCUT2D eigenvalue weighted by atomic mass is 16.1. The van der Waals surface area contributed by atoms with Crippen LogP contribution in [0.5, 0.6) is 0 Å². The molecule has 0 radical (unpaired) electrons. The van der Waals surface area contributed by atoms with Crippen molar-refractivity contribution in [3.8, 4) is 0 Å². The maximum atomic E-state index is 13.2. The van der Waals surface area contributed by atoms with Crippen LogP contribution in [0.15, 0.2) is 46.4 Å². The number of allylic oxidation sites excluding steroid dienone is 2. The first-order valence-corrected chi connectivity index (χ1v) is 13.3. The highest BCUT2D eigenvalue weighted by Crippen LogP contribution is 2.31. The van der Waals surface area contributed by atoms with Gasteiger partial charge in [0.05, 0.1) is 0 Å². The van der Waals surface area contributed by atoms with Gasteiger partial charge in [-0.05, 0) is 103 Å². The van der Waals surface area contributed by atoms with Gasteiger partial charge in [0.15, 0.2) is 11.5 Å². The topological polar surface area (TPSA) is 101 Å². The van der Waals surface area contributed by atoms with E-state index in [1.807, 2.05) is 33.8 Å². The molecular weight excluding hydrogens is 480 g/mol. The second-order valence-electron chi connectivity index (χ2n) is 10.1. The molecule has 1 aliphatic heterocycles. The number of likely N-dealkylation sites (tertiary alicyclic amines) is 1. The summed E-state index contributed by atoms with van der Waals surface area (Å²) in [7, 11) is 2.18. The molecule has 10 nitrogen and oxygen atoms in total. The molecule has 0 atom stereocenters. The number of amides is 1. The minimum atomic E-state index is -0.216. The third-order valence-corrected chi connectivity index (χ3v) is 7.05. The molecule has 0 saturated carbocycles. The third-order valence-electron chi connectivity index (χ3n) is 7.05. The molecule has 0 unspecified atom stereocenters. The Kier molecular flexibility index (Phi) is 8.41. The van der Waals surface area contributed by atoms with Crippen molar-refractivity contribution in [3.63, 3.8) is 0 Å². The van der Waals surface area contributed by atoms with Crippen LogP contribution in [0.3, 0.4) is 0 Å². The Morgan fingerprint density at radius 1 is 1.29 bits per heavy atom. The van der Waals surface area contributed by atoms with E-state index in [1.54, 1.807) is 21.6 Å². The summed E-state index contributed by atoms with van der Waals surface area (Å²) in [6.45, 7) is 12.3. The predicted octanol–water partition coefficient (Wildman–Crippen LogP) is 4.08. The number of nitrogens with zero attached hydrogens (tertiary/aromatic N) is 7. The van der Waals surface area contributed by atoms with Crippen molar-refractivity contribution in [3.05, 3.63) is 58.0 Å². The monoisotopic (exact) mass is 518 g/mol. The maximum absolute atomic E-state index is 13.2. The number of carbonyl (C=O) groups is 1. The lowest BCUT2D eigenvalue weighted by atomic mass is 9.87. The van der Waals surface area contributed by atoms with E-state index in [-0.39, 0.29) is 11.6 Å². The van der Waals surface area contributed by atoms with Crippen molar-refractivity contribution in [1.82, 2.24) is 29.2 Å². The van der Waals surface area contributed by atoms with Crippen LogP contribution in [0.2, 0.25) is 0 Å². The van der Waals surface area contributed by atoms with E-state index < -0.39 is 0 Å². The minimum Gasteiger partial charge on any atom is -0.324 e. The Morgan fingerprint density at radius 2 is 2.03 bits per heavy atom.